The van der Waals surface area contributed by atoms with Crippen molar-refractivity contribution in [3.8, 4) is 0 Å². The van der Waals surface area contributed by atoms with E-state index in [1.54, 1.807) is 6.07 Å². The molecule has 0 aliphatic carbocycles. The largest absolute Gasteiger partial charge is 0.356 e. The van der Waals surface area contributed by atoms with Gasteiger partial charge < -0.3 is 9.88 Å². The summed E-state index contributed by atoms with van der Waals surface area (Å²) in [6, 6.07) is 14.7. The summed E-state index contributed by atoms with van der Waals surface area (Å²) in [6.45, 7) is 2.68. The van der Waals surface area contributed by atoms with E-state index in [1.165, 1.54) is 12.1 Å². The van der Waals surface area contributed by atoms with Crippen molar-refractivity contribution in [2.24, 2.45) is 7.05 Å². The topological polar surface area (TPSA) is 34.0 Å². The average molecular weight is 338 g/mol. The molecule has 2 aromatic carbocycles. The van der Waals surface area contributed by atoms with Crippen LogP contribution in [0.3, 0.4) is 0 Å². The lowest BCUT2D eigenvalue weighted by Crippen LogP contribution is -2.26. The maximum Gasteiger partial charge on any atom is 0.220 e. The Labute approximate surface area is 147 Å². The second kappa shape index (κ2) is 7.51. The number of benzene rings is 2. The lowest BCUT2D eigenvalue weighted by Gasteiger charge is -2.17. The molecule has 0 aliphatic rings. The van der Waals surface area contributed by atoms with Crippen molar-refractivity contribution in [1.29, 1.82) is 0 Å². The molecule has 1 unspecified atom stereocenters. The van der Waals surface area contributed by atoms with Gasteiger partial charge in [-0.2, -0.15) is 0 Å². The first-order valence-electron chi connectivity index (χ1n) is 8.66. The summed E-state index contributed by atoms with van der Waals surface area (Å²) >= 11 is 0. The third kappa shape index (κ3) is 3.73. The van der Waals surface area contributed by atoms with Gasteiger partial charge in [0.1, 0.15) is 5.82 Å². The molecule has 1 heterocycles. The van der Waals surface area contributed by atoms with E-state index in [0.717, 1.165) is 28.5 Å². The van der Waals surface area contributed by atoms with Gasteiger partial charge in [0.2, 0.25) is 5.91 Å². The smallest absolute Gasteiger partial charge is 0.220 e. The molecule has 1 N–H and O–H groups in total. The van der Waals surface area contributed by atoms with Gasteiger partial charge in [-0.15, -0.1) is 0 Å². The van der Waals surface area contributed by atoms with Crippen molar-refractivity contribution >= 4 is 16.8 Å². The molecule has 0 radical (unpaired) electrons. The van der Waals surface area contributed by atoms with Gasteiger partial charge in [-0.25, -0.2) is 4.39 Å². The summed E-state index contributed by atoms with van der Waals surface area (Å²) in [5.74, 6) is -0.473. The predicted molar refractivity (Wildman–Crippen MR) is 99.1 cm³/mol. The number of aromatic nitrogens is 1. The van der Waals surface area contributed by atoms with Crippen LogP contribution in [0.15, 0.2) is 54.7 Å². The maximum atomic E-state index is 13.8. The van der Waals surface area contributed by atoms with E-state index in [2.05, 4.69) is 22.0 Å². The number of amides is 1. The Morgan fingerprint density at radius 1 is 1.20 bits per heavy atom. The first-order chi connectivity index (χ1) is 12.1. The highest BCUT2D eigenvalue weighted by Crippen LogP contribution is 2.34. The summed E-state index contributed by atoms with van der Waals surface area (Å²) < 4.78 is 15.9. The van der Waals surface area contributed by atoms with E-state index in [9.17, 15) is 9.18 Å². The highest BCUT2D eigenvalue weighted by atomic mass is 19.1. The average Bonchev–Trinajstić information content (AvgIpc) is 2.95. The van der Waals surface area contributed by atoms with Crippen LogP contribution >= 0.6 is 0 Å². The number of hydrogen-bond acceptors (Lipinski definition) is 1. The molecule has 1 amide bonds. The highest BCUT2D eigenvalue weighted by molar-refractivity contribution is 5.86. The Bertz CT molecular complexity index is 884. The van der Waals surface area contributed by atoms with Crippen LogP contribution in [0.4, 0.5) is 4.39 Å². The van der Waals surface area contributed by atoms with E-state index < -0.39 is 0 Å². The molecular weight excluding hydrogens is 315 g/mol. The summed E-state index contributed by atoms with van der Waals surface area (Å²) in [4.78, 5) is 12.4. The fourth-order valence-corrected chi connectivity index (χ4v) is 3.30. The van der Waals surface area contributed by atoms with Crippen molar-refractivity contribution in [2.45, 2.75) is 25.7 Å². The summed E-state index contributed by atoms with van der Waals surface area (Å²) in [7, 11) is 1.99. The molecular formula is C21H23FN2O. The van der Waals surface area contributed by atoms with Gasteiger partial charge in [-0.3, -0.25) is 4.79 Å². The number of nitrogens with one attached hydrogen (secondary N) is 1. The minimum atomic E-state index is -0.281. The SMILES string of the molecule is CCCNC(=O)CC(c1cccc(F)c1)c1cn(C)c2ccccc12. The number of halogens is 1. The van der Waals surface area contributed by atoms with Crippen molar-refractivity contribution in [3.05, 3.63) is 71.7 Å². The molecule has 1 atom stereocenters. The molecule has 3 rings (SSSR count). The standard InChI is InChI=1S/C21H23FN2O/c1-3-11-23-21(25)13-18(15-7-6-8-16(22)12-15)19-14-24(2)20-10-5-4-9-17(19)20/h4-10,12,14,18H,3,11,13H2,1-2H3,(H,23,25). The normalized spacial score (nSPS) is 12.3. The van der Waals surface area contributed by atoms with Gasteiger partial charge in [0.05, 0.1) is 0 Å². The quantitative estimate of drug-likeness (QED) is 0.712. The van der Waals surface area contributed by atoms with E-state index >= 15 is 0 Å². The number of aryl methyl sites for hydroxylation is 1. The minimum absolute atomic E-state index is 0.0101. The van der Waals surface area contributed by atoms with Crippen LogP contribution in [0.25, 0.3) is 10.9 Å². The molecule has 0 bridgehead atoms. The minimum Gasteiger partial charge on any atom is -0.356 e. The van der Waals surface area contributed by atoms with Crippen molar-refractivity contribution < 1.29 is 9.18 Å². The third-order valence-corrected chi connectivity index (χ3v) is 4.52. The van der Waals surface area contributed by atoms with Crippen molar-refractivity contribution in [1.82, 2.24) is 9.88 Å². The molecule has 1 aromatic heterocycles. The second-order valence-corrected chi connectivity index (χ2v) is 6.37. The zero-order valence-electron chi connectivity index (χ0n) is 14.6. The number of rotatable bonds is 6. The first kappa shape index (κ1) is 17.2. The van der Waals surface area contributed by atoms with Crippen LogP contribution in [0, 0.1) is 5.82 Å². The van der Waals surface area contributed by atoms with Gasteiger partial charge in [-0.05, 0) is 35.7 Å². The molecule has 0 saturated carbocycles. The Morgan fingerprint density at radius 2 is 2.00 bits per heavy atom. The van der Waals surface area contributed by atoms with Crippen LogP contribution in [0.5, 0.6) is 0 Å². The number of carbonyl (C=O) groups is 1. The van der Waals surface area contributed by atoms with Crippen molar-refractivity contribution in [2.75, 3.05) is 6.54 Å². The third-order valence-electron chi connectivity index (χ3n) is 4.52. The van der Waals surface area contributed by atoms with Gasteiger partial charge in [0.25, 0.3) is 0 Å². The summed E-state index contributed by atoms with van der Waals surface area (Å²) in [6.07, 6.45) is 3.25. The summed E-state index contributed by atoms with van der Waals surface area (Å²) in [5.41, 5.74) is 2.98. The number of hydrogen-bond donors (Lipinski definition) is 1. The molecule has 0 fully saturated rings. The van der Waals surface area contributed by atoms with Crippen LogP contribution in [-0.4, -0.2) is 17.0 Å². The van der Waals surface area contributed by atoms with Crippen LogP contribution in [0.2, 0.25) is 0 Å². The van der Waals surface area contributed by atoms with Gasteiger partial charge in [0.15, 0.2) is 0 Å². The van der Waals surface area contributed by atoms with Crippen LogP contribution < -0.4 is 5.32 Å². The molecule has 0 spiro atoms. The number of carbonyl (C=O) groups excluding carboxylic acids is 1. The summed E-state index contributed by atoms with van der Waals surface area (Å²) in [5, 5.41) is 4.03. The molecule has 130 valence electrons. The Hall–Kier alpha value is -2.62. The van der Waals surface area contributed by atoms with Crippen LogP contribution in [0.1, 0.15) is 36.8 Å². The Balaban J connectivity index is 2.05. The van der Waals surface area contributed by atoms with Gasteiger partial charge in [0, 0.05) is 43.0 Å². The monoisotopic (exact) mass is 338 g/mol. The number of fused-ring (bicyclic) bond motifs is 1. The lowest BCUT2D eigenvalue weighted by molar-refractivity contribution is -0.121. The maximum absolute atomic E-state index is 13.8. The van der Waals surface area contributed by atoms with Gasteiger partial charge in [-0.1, -0.05) is 37.3 Å². The van der Waals surface area contributed by atoms with E-state index in [0.29, 0.717) is 13.0 Å². The predicted octanol–water partition coefficient (Wildman–Crippen LogP) is 4.37. The molecule has 0 aliphatic heterocycles. The Morgan fingerprint density at radius 3 is 2.76 bits per heavy atom. The van der Waals surface area contributed by atoms with Crippen molar-refractivity contribution in [3.63, 3.8) is 0 Å². The Kier molecular flexibility index (Phi) is 5.17. The zero-order valence-corrected chi connectivity index (χ0v) is 14.6. The number of nitrogens with zero attached hydrogens (tertiary/aromatic N) is 1. The lowest BCUT2D eigenvalue weighted by atomic mass is 9.88. The fourth-order valence-electron chi connectivity index (χ4n) is 3.30. The fraction of sp³-hybridized carbons (Fsp3) is 0.286. The van der Waals surface area contributed by atoms with Crippen LogP contribution in [-0.2, 0) is 11.8 Å². The van der Waals surface area contributed by atoms with E-state index in [4.69, 9.17) is 0 Å². The van der Waals surface area contributed by atoms with E-state index in [-0.39, 0.29) is 17.6 Å². The zero-order chi connectivity index (χ0) is 17.8. The highest BCUT2D eigenvalue weighted by Gasteiger charge is 2.22. The molecule has 4 heteroatoms. The second-order valence-electron chi connectivity index (χ2n) is 6.37. The number of para-hydroxylation sites is 1. The molecule has 25 heavy (non-hydrogen) atoms. The first-order valence-corrected chi connectivity index (χ1v) is 8.66. The molecule has 0 saturated heterocycles. The molecule has 3 nitrogen and oxygen atoms in total. The molecule has 3 aromatic rings. The van der Waals surface area contributed by atoms with Gasteiger partial charge >= 0.3 is 0 Å². The van der Waals surface area contributed by atoms with E-state index in [1.807, 2.05) is 38.4 Å².